The van der Waals surface area contributed by atoms with Crippen LogP contribution in [0.5, 0.6) is 0 Å². The van der Waals surface area contributed by atoms with Gasteiger partial charge in [-0.3, -0.25) is 4.79 Å². The van der Waals surface area contributed by atoms with Crippen molar-refractivity contribution in [3.63, 3.8) is 0 Å². The van der Waals surface area contributed by atoms with Crippen LogP contribution in [0.1, 0.15) is 42.7 Å². The number of hydrogen-bond acceptors (Lipinski definition) is 3. The quantitative estimate of drug-likeness (QED) is 0.678. The lowest BCUT2D eigenvalue weighted by Gasteiger charge is -2.21. The molecule has 5 heteroatoms. The van der Waals surface area contributed by atoms with Crippen molar-refractivity contribution in [2.24, 2.45) is 0 Å². The van der Waals surface area contributed by atoms with Crippen LogP contribution in [0.25, 0.3) is 0 Å². The number of unbranched alkanes of at least 4 members (excludes halogenated alkanes) is 2. The minimum Gasteiger partial charge on any atom is -0.480 e. The molecule has 2 aromatic rings. The fourth-order valence-corrected chi connectivity index (χ4v) is 2.85. The third kappa shape index (κ3) is 5.45. The molecule has 2 aromatic carbocycles. The zero-order chi connectivity index (χ0) is 18.8. The molecule has 2 rings (SSSR count). The second-order valence-electron chi connectivity index (χ2n) is 6.06. The Labute approximate surface area is 153 Å². The van der Waals surface area contributed by atoms with E-state index < -0.39 is 17.9 Å². The van der Waals surface area contributed by atoms with Crippen molar-refractivity contribution in [1.29, 1.82) is 5.26 Å². The molecule has 26 heavy (non-hydrogen) atoms. The van der Waals surface area contributed by atoms with E-state index in [-0.39, 0.29) is 5.91 Å². The van der Waals surface area contributed by atoms with E-state index in [1.165, 1.54) is 0 Å². The zero-order valence-corrected chi connectivity index (χ0v) is 14.5. The topological polar surface area (TPSA) is 90.2 Å². The molecule has 134 valence electrons. The molecule has 2 N–H and O–H groups in total. The molecule has 0 bridgehead atoms. The standard InChI is InChI=1S/C21H22N2O3/c22-15-9-3-8-14-18(21(25)26)23-20(24)19(16-10-4-1-5-11-16)17-12-6-2-7-13-17/h1-2,4-7,10-13,18-19H,3,8-9,14H2,(H,23,24)(H,25,26)/t18-/m1/s1. The van der Waals surface area contributed by atoms with Gasteiger partial charge in [-0.2, -0.15) is 5.26 Å². The van der Waals surface area contributed by atoms with Gasteiger partial charge in [-0.05, 0) is 30.4 Å². The first kappa shape index (κ1) is 19.2. The van der Waals surface area contributed by atoms with Gasteiger partial charge in [0.2, 0.25) is 5.91 Å². The summed E-state index contributed by atoms with van der Waals surface area (Å²) in [6.45, 7) is 0. The minimum absolute atomic E-state index is 0.305. The number of carbonyl (C=O) groups excluding carboxylic acids is 1. The molecule has 5 nitrogen and oxygen atoms in total. The molecule has 1 amide bonds. The van der Waals surface area contributed by atoms with Crippen LogP contribution >= 0.6 is 0 Å². The molecule has 0 spiro atoms. The van der Waals surface area contributed by atoms with Gasteiger partial charge in [0.1, 0.15) is 6.04 Å². The fourth-order valence-electron chi connectivity index (χ4n) is 2.85. The van der Waals surface area contributed by atoms with Crippen molar-refractivity contribution >= 4 is 11.9 Å². The Morgan fingerprint density at radius 2 is 1.50 bits per heavy atom. The van der Waals surface area contributed by atoms with Gasteiger partial charge >= 0.3 is 5.97 Å². The van der Waals surface area contributed by atoms with E-state index in [1.807, 2.05) is 66.7 Å². The maximum absolute atomic E-state index is 12.9. The zero-order valence-electron chi connectivity index (χ0n) is 14.5. The lowest BCUT2D eigenvalue weighted by Crippen LogP contribution is -2.43. The maximum Gasteiger partial charge on any atom is 0.326 e. The third-order valence-electron chi connectivity index (χ3n) is 4.17. The number of benzene rings is 2. The smallest absolute Gasteiger partial charge is 0.326 e. The number of aliphatic carboxylic acids is 1. The second-order valence-corrected chi connectivity index (χ2v) is 6.06. The van der Waals surface area contributed by atoms with E-state index in [2.05, 4.69) is 5.32 Å². The molecule has 0 fully saturated rings. The highest BCUT2D eigenvalue weighted by atomic mass is 16.4. The number of amides is 1. The van der Waals surface area contributed by atoms with E-state index in [9.17, 15) is 14.7 Å². The number of nitrogens with one attached hydrogen (secondary N) is 1. The number of carboxylic acid groups (broad SMARTS) is 1. The molecule has 0 aromatic heterocycles. The van der Waals surface area contributed by atoms with E-state index in [0.29, 0.717) is 25.7 Å². The summed E-state index contributed by atoms with van der Waals surface area (Å²) in [6.07, 6.45) is 1.89. The summed E-state index contributed by atoms with van der Waals surface area (Å²) in [5.74, 6) is -1.97. The van der Waals surface area contributed by atoms with Crippen molar-refractivity contribution in [3.05, 3.63) is 71.8 Å². The number of nitriles is 1. The predicted octanol–water partition coefficient (Wildman–Crippen LogP) is 3.47. The van der Waals surface area contributed by atoms with Crippen molar-refractivity contribution in [2.75, 3.05) is 0 Å². The number of nitrogens with zero attached hydrogens (tertiary/aromatic N) is 1. The summed E-state index contributed by atoms with van der Waals surface area (Å²) < 4.78 is 0. The first-order valence-corrected chi connectivity index (χ1v) is 8.63. The van der Waals surface area contributed by atoms with Crippen molar-refractivity contribution in [2.45, 2.75) is 37.6 Å². The van der Waals surface area contributed by atoms with Crippen LogP contribution in [0.4, 0.5) is 0 Å². The molecule has 0 aliphatic rings. The Hall–Kier alpha value is -3.13. The molecule has 0 radical (unpaired) electrons. The van der Waals surface area contributed by atoms with Crippen LogP contribution < -0.4 is 5.32 Å². The van der Waals surface area contributed by atoms with Gasteiger partial charge in [-0.25, -0.2) is 4.79 Å². The highest BCUT2D eigenvalue weighted by molar-refractivity contribution is 5.90. The monoisotopic (exact) mass is 350 g/mol. The summed E-state index contributed by atoms with van der Waals surface area (Å²) in [5.41, 5.74) is 1.62. The van der Waals surface area contributed by atoms with Gasteiger partial charge in [0.15, 0.2) is 0 Å². The Kier molecular flexibility index (Phi) is 7.38. The van der Waals surface area contributed by atoms with Gasteiger partial charge in [0, 0.05) is 6.42 Å². The Morgan fingerprint density at radius 3 is 1.96 bits per heavy atom. The molecular weight excluding hydrogens is 328 g/mol. The van der Waals surface area contributed by atoms with E-state index >= 15 is 0 Å². The average molecular weight is 350 g/mol. The number of rotatable bonds is 9. The lowest BCUT2D eigenvalue weighted by atomic mass is 9.90. The molecular formula is C21H22N2O3. The molecule has 0 aliphatic heterocycles. The van der Waals surface area contributed by atoms with Gasteiger partial charge in [0.25, 0.3) is 0 Å². The Bertz CT molecular complexity index is 714. The highest BCUT2D eigenvalue weighted by Gasteiger charge is 2.27. The first-order chi connectivity index (χ1) is 12.6. The number of hydrogen-bond donors (Lipinski definition) is 2. The van der Waals surface area contributed by atoms with Gasteiger partial charge < -0.3 is 10.4 Å². The van der Waals surface area contributed by atoms with Gasteiger partial charge in [-0.15, -0.1) is 0 Å². The van der Waals surface area contributed by atoms with E-state index in [0.717, 1.165) is 11.1 Å². The fraction of sp³-hybridized carbons (Fsp3) is 0.286. The molecule has 0 saturated carbocycles. The second kappa shape index (κ2) is 10.00. The molecule has 0 heterocycles. The molecule has 0 aliphatic carbocycles. The third-order valence-corrected chi connectivity index (χ3v) is 4.17. The normalized spacial score (nSPS) is 11.5. The summed E-state index contributed by atoms with van der Waals surface area (Å²) in [5, 5.41) is 20.7. The van der Waals surface area contributed by atoms with Crippen LogP contribution in [-0.4, -0.2) is 23.0 Å². The summed E-state index contributed by atoms with van der Waals surface area (Å²) in [7, 11) is 0. The SMILES string of the molecule is N#CCCCC[C@@H](NC(=O)C(c1ccccc1)c1ccccc1)C(=O)O. The highest BCUT2D eigenvalue weighted by Crippen LogP contribution is 2.25. The van der Waals surface area contributed by atoms with E-state index in [4.69, 9.17) is 5.26 Å². The largest absolute Gasteiger partial charge is 0.480 e. The van der Waals surface area contributed by atoms with Gasteiger partial charge in [0.05, 0.1) is 12.0 Å². The Morgan fingerprint density at radius 1 is 0.962 bits per heavy atom. The van der Waals surface area contributed by atoms with Crippen LogP contribution in [0, 0.1) is 11.3 Å². The van der Waals surface area contributed by atoms with E-state index in [1.54, 1.807) is 0 Å². The van der Waals surface area contributed by atoms with Crippen LogP contribution in [-0.2, 0) is 9.59 Å². The molecule has 1 atom stereocenters. The van der Waals surface area contributed by atoms with Crippen LogP contribution in [0.2, 0.25) is 0 Å². The van der Waals surface area contributed by atoms with Crippen molar-refractivity contribution in [1.82, 2.24) is 5.32 Å². The summed E-state index contributed by atoms with van der Waals surface area (Å²) >= 11 is 0. The maximum atomic E-state index is 12.9. The number of carbonyl (C=O) groups is 2. The average Bonchev–Trinajstić information content (AvgIpc) is 2.66. The van der Waals surface area contributed by atoms with Crippen LogP contribution in [0.15, 0.2) is 60.7 Å². The predicted molar refractivity (Wildman–Crippen MR) is 98.4 cm³/mol. The Balaban J connectivity index is 2.18. The molecule has 0 saturated heterocycles. The van der Waals surface area contributed by atoms with Gasteiger partial charge in [-0.1, -0.05) is 60.7 Å². The van der Waals surface area contributed by atoms with Crippen LogP contribution in [0.3, 0.4) is 0 Å². The minimum atomic E-state index is -1.06. The van der Waals surface area contributed by atoms with Crippen molar-refractivity contribution in [3.8, 4) is 6.07 Å². The lowest BCUT2D eigenvalue weighted by molar-refractivity contribution is -0.142. The number of carboxylic acids is 1. The summed E-state index contributed by atoms with van der Waals surface area (Å²) in [6, 6.07) is 19.7. The van der Waals surface area contributed by atoms with Crippen molar-refractivity contribution < 1.29 is 14.7 Å². The summed E-state index contributed by atoms with van der Waals surface area (Å²) in [4.78, 5) is 24.4. The first-order valence-electron chi connectivity index (χ1n) is 8.63. The molecule has 0 unspecified atom stereocenters.